The Morgan fingerprint density at radius 2 is 1.89 bits per heavy atom. The van der Waals surface area contributed by atoms with Crippen molar-refractivity contribution in [3.8, 4) is 5.75 Å². The molecule has 0 aliphatic carbocycles. The van der Waals surface area contributed by atoms with E-state index in [-0.39, 0.29) is 27.7 Å². The predicted octanol–water partition coefficient (Wildman–Crippen LogP) is 3.22. The van der Waals surface area contributed by atoms with Gasteiger partial charge in [0.2, 0.25) is 0 Å². The van der Waals surface area contributed by atoms with Gasteiger partial charge < -0.3 is 13.9 Å². The van der Waals surface area contributed by atoms with E-state index in [0.29, 0.717) is 16.7 Å². The normalized spacial score (nSPS) is 11.4. The maximum Gasteiger partial charge on any atom is 0.340 e. The van der Waals surface area contributed by atoms with Crippen LogP contribution in [0, 0.1) is 0 Å². The zero-order valence-corrected chi connectivity index (χ0v) is 16.5. The SMILES string of the molecule is COc1ccc2c(COC(=O)c3cc(S(C)(=O)=O)ccc3Cl)cc(=O)oc2c1. The van der Waals surface area contributed by atoms with E-state index in [9.17, 15) is 18.0 Å². The van der Waals surface area contributed by atoms with Gasteiger partial charge in [0, 0.05) is 29.3 Å². The van der Waals surface area contributed by atoms with Crippen LogP contribution in [0.2, 0.25) is 5.02 Å². The Kier molecular flexibility index (Phi) is 5.44. The first-order valence-electron chi connectivity index (χ1n) is 7.96. The maximum absolute atomic E-state index is 12.4. The van der Waals surface area contributed by atoms with Gasteiger partial charge >= 0.3 is 11.6 Å². The summed E-state index contributed by atoms with van der Waals surface area (Å²) < 4.78 is 38.9. The Balaban J connectivity index is 1.91. The van der Waals surface area contributed by atoms with Gasteiger partial charge in [0.25, 0.3) is 0 Å². The standard InChI is InChI=1S/C19H15ClO7S/c1-25-12-3-5-14-11(7-18(21)27-17(14)8-12)10-26-19(22)15-9-13(28(2,23)24)4-6-16(15)20/h3-9H,10H2,1-2H3. The van der Waals surface area contributed by atoms with Gasteiger partial charge in [-0.2, -0.15) is 0 Å². The highest BCUT2D eigenvalue weighted by Crippen LogP contribution is 2.25. The van der Waals surface area contributed by atoms with Crippen LogP contribution in [-0.4, -0.2) is 27.8 Å². The zero-order valence-electron chi connectivity index (χ0n) is 14.9. The van der Waals surface area contributed by atoms with Crippen LogP contribution in [-0.2, 0) is 21.2 Å². The molecule has 3 rings (SSSR count). The monoisotopic (exact) mass is 422 g/mol. The molecule has 0 amide bonds. The number of sulfone groups is 1. The van der Waals surface area contributed by atoms with E-state index in [2.05, 4.69) is 0 Å². The second-order valence-electron chi connectivity index (χ2n) is 5.94. The lowest BCUT2D eigenvalue weighted by Gasteiger charge is -2.10. The highest BCUT2D eigenvalue weighted by molar-refractivity contribution is 7.90. The van der Waals surface area contributed by atoms with E-state index in [1.54, 1.807) is 18.2 Å². The van der Waals surface area contributed by atoms with E-state index in [0.717, 1.165) is 12.3 Å². The molecule has 0 N–H and O–H groups in total. The van der Waals surface area contributed by atoms with Gasteiger partial charge in [-0.05, 0) is 30.3 Å². The van der Waals surface area contributed by atoms with Crippen LogP contribution in [0.1, 0.15) is 15.9 Å². The molecule has 146 valence electrons. The number of hydrogen-bond donors (Lipinski definition) is 0. The van der Waals surface area contributed by atoms with Gasteiger partial charge in [-0.15, -0.1) is 0 Å². The molecule has 2 aromatic carbocycles. The van der Waals surface area contributed by atoms with Crippen molar-refractivity contribution < 1.29 is 27.1 Å². The van der Waals surface area contributed by atoms with Crippen molar-refractivity contribution in [3.63, 3.8) is 0 Å². The van der Waals surface area contributed by atoms with Crippen LogP contribution in [0.15, 0.2) is 56.6 Å². The van der Waals surface area contributed by atoms with E-state index in [4.69, 9.17) is 25.5 Å². The second-order valence-corrected chi connectivity index (χ2v) is 8.37. The van der Waals surface area contributed by atoms with Gasteiger partial charge in [-0.25, -0.2) is 18.0 Å². The third-order valence-electron chi connectivity index (χ3n) is 3.98. The molecule has 28 heavy (non-hydrogen) atoms. The summed E-state index contributed by atoms with van der Waals surface area (Å²) in [5.74, 6) is -0.306. The Morgan fingerprint density at radius 1 is 1.14 bits per heavy atom. The summed E-state index contributed by atoms with van der Waals surface area (Å²) in [6, 6.07) is 9.90. The lowest BCUT2D eigenvalue weighted by Crippen LogP contribution is -2.09. The molecule has 0 radical (unpaired) electrons. The predicted molar refractivity (Wildman–Crippen MR) is 103 cm³/mol. The molecule has 7 nitrogen and oxygen atoms in total. The van der Waals surface area contributed by atoms with Crippen molar-refractivity contribution in [2.75, 3.05) is 13.4 Å². The van der Waals surface area contributed by atoms with Crippen molar-refractivity contribution in [3.05, 3.63) is 69.0 Å². The first kappa shape index (κ1) is 19.9. The van der Waals surface area contributed by atoms with Crippen molar-refractivity contribution >= 4 is 38.4 Å². The number of rotatable bonds is 5. The van der Waals surface area contributed by atoms with Crippen LogP contribution < -0.4 is 10.4 Å². The van der Waals surface area contributed by atoms with Crippen molar-refractivity contribution in [1.29, 1.82) is 0 Å². The minimum absolute atomic E-state index is 0.0539. The number of carbonyl (C=O) groups is 1. The quantitative estimate of drug-likeness (QED) is 0.459. The summed E-state index contributed by atoms with van der Waals surface area (Å²) in [5, 5.41) is 0.628. The van der Waals surface area contributed by atoms with E-state index >= 15 is 0 Å². The maximum atomic E-state index is 12.4. The average molecular weight is 423 g/mol. The number of methoxy groups -OCH3 is 1. The number of halogens is 1. The first-order chi connectivity index (χ1) is 13.2. The van der Waals surface area contributed by atoms with E-state index in [1.807, 2.05) is 0 Å². The minimum atomic E-state index is -3.52. The van der Waals surface area contributed by atoms with Crippen molar-refractivity contribution in [2.45, 2.75) is 11.5 Å². The van der Waals surface area contributed by atoms with Gasteiger partial charge in [0.15, 0.2) is 9.84 Å². The molecule has 0 fully saturated rings. The van der Waals surface area contributed by atoms with Gasteiger partial charge in [-0.1, -0.05) is 11.6 Å². The molecule has 0 unspecified atom stereocenters. The van der Waals surface area contributed by atoms with Crippen LogP contribution in [0.5, 0.6) is 5.75 Å². The highest BCUT2D eigenvalue weighted by Gasteiger charge is 2.17. The van der Waals surface area contributed by atoms with Crippen LogP contribution >= 0.6 is 11.6 Å². The fraction of sp³-hybridized carbons (Fsp3) is 0.158. The Labute approximate surface area is 165 Å². The Morgan fingerprint density at radius 3 is 2.57 bits per heavy atom. The zero-order chi connectivity index (χ0) is 20.5. The molecule has 0 atom stereocenters. The molecule has 9 heteroatoms. The van der Waals surface area contributed by atoms with Crippen molar-refractivity contribution in [2.24, 2.45) is 0 Å². The Hall–Kier alpha value is -2.84. The minimum Gasteiger partial charge on any atom is -0.497 e. The summed E-state index contributed by atoms with van der Waals surface area (Å²) in [5.41, 5.74) is 0.0232. The number of esters is 1. The summed E-state index contributed by atoms with van der Waals surface area (Å²) in [7, 11) is -2.03. The molecule has 1 heterocycles. The molecular weight excluding hydrogens is 408 g/mol. The topological polar surface area (TPSA) is 99.9 Å². The molecule has 0 saturated heterocycles. The average Bonchev–Trinajstić information content (AvgIpc) is 2.64. The second kappa shape index (κ2) is 7.65. The lowest BCUT2D eigenvalue weighted by atomic mass is 10.1. The number of hydrogen-bond acceptors (Lipinski definition) is 7. The molecule has 3 aromatic rings. The number of benzene rings is 2. The number of carbonyl (C=O) groups excluding carboxylic acids is 1. The van der Waals surface area contributed by atoms with Crippen LogP contribution in [0.4, 0.5) is 0 Å². The summed E-state index contributed by atoms with van der Waals surface area (Å²) in [6.07, 6.45) is 1.02. The fourth-order valence-electron chi connectivity index (χ4n) is 2.57. The largest absolute Gasteiger partial charge is 0.497 e. The van der Waals surface area contributed by atoms with Gasteiger partial charge in [0.1, 0.15) is 17.9 Å². The molecule has 0 bridgehead atoms. The molecule has 1 aromatic heterocycles. The van der Waals surface area contributed by atoms with Crippen LogP contribution in [0.25, 0.3) is 11.0 Å². The molecule has 0 saturated carbocycles. The Bertz CT molecular complexity index is 1230. The number of ether oxygens (including phenoxy) is 2. The number of fused-ring (bicyclic) bond motifs is 1. The molecule has 0 spiro atoms. The van der Waals surface area contributed by atoms with Crippen molar-refractivity contribution in [1.82, 2.24) is 0 Å². The first-order valence-corrected chi connectivity index (χ1v) is 10.2. The summed E-state index contributed by atoms with van der Waals surface area (Å²) in [6.45, 7) is -0.229. The van der Waals surface area contributed by atoms with E-state index < -0.39 is 21.4 Å². The highest BCUT2D eigenvalue weighted by atomic mass is 35.5. The third kappa shape index (κ3) is 4.18. The van der Waals surface area contributed by atoms with Gasteiger partial charge in [0.05, 0.1) is 22.6 Å². The van der Waals surface area contributed by atoms with Crippen LogP contribution in [0.3, 0.4) is 0 Å². The molecule has 0 aliphatic heterocycles. The van der Waals surface area contributed by atoms with E-state index in [1.165, 1.54) is 25.3 Å². The molecular formula is C19H15ClO7S. The lowest BCUT2D eigenvalue weighted by molar-refractivity contribution is 0.0473. The van der Waals surface area contributed by atoms with Gasteiger partial charge in [-0.3, -0.25) is 0 Å². The summed E-state index contributed by atoms with van der Waals surface area (Å²) >= 11 is 6.00. The molecule has 0 aliphatic rings. The fourth-order valence-corrected chi connectivity index (χ4v) is 3.41. The summed E-state index contributed by atoms with van der Waals surface area (Å²) in [4.78, 5) is 24.2. The third-order valence-corrected chi connectivity index (χ3v) is 5.42. The smallest absolute Gasteiger partial charge is 0.340 e.